The first-order chi connectivity index (χ1) is 14.2. The van der Waals surface area contributed by atoms with Crippen LogP contribution in [0.1, 0.15) is 61.1 Å². The SMILES string of the molecule is Cc1nn(-c2ccccc2)nc1C(=O)NCCCCNCCNC1CCCCC1.Cl.Cl. The van der Waals surface area contributed by atoms with Gasteiger partial charge >= 0.3 is 0 Å². The molecule has 1 heterocycles. The fourth-order valence-corrected chi connectivity index (χ4v) is 3.72. The van der Waals surface area contributed by atoms with Gasteiger partial charge < -0.3 is 16.0 Å². The molecular formula is C22H36Cl2N6O. The van der Waals surface area contributed by atoms with Crippen molar-refractivity contribution in [1.82, 2.24) is 30.9 Å². The smallest absolute Gasteiger partial charge is 0.273 e. The molecule has 9 heteroatoms. The highest BCUT2D eigenvalue weighted by atomic mass is 35.5. The highest BCUT2D eigenvalue weighted by Crippen LogP contribution is 2.16. The average Bonchev–Trinajstić information content (AvgIpc) is 3.15. The van der Waals surface area contributed by atoms with Crippen molar-refractivity contribution in [2.75, 3.05) is 26.2 Å². The lowest BCUT2D eigenvalue weighted by Crippen LogP contribution is -2.36. The van der Waals surface area contributed by atoms with Crippen LogP contribution in [0.5, 0.6) is 0 Å². The summed E-state index contributed by atoms with van der Waals surface area (Å²) in [5, 5.41) is 18.8. The summed E-state index contributed by atoms with van der Waals surface area (Å²) in [6, 6.07) is 10.3. The molecule has 0 saturated heterocycles. The van der Waals surface area contributed by atoms with E-state index in [-0.39, 0.29) is 30.7 Å². The number of aryl methyl sites for hydroxylation is 1. The Hall–Kier alpha value is -1.67. The van der Waals surface area contributed by atoms with Crippen molar-refractivity contribution in [2.24, 2.45) is 0 Å². The maximum atomic E-state index is 12.4. The van der Waals surface area contributed by atoms with Crippen LogP contribution >= 0.6 is 24.8 Å². The van der Waals surface area contributed by atoms with Crippen molar-refractivity contribution in [1.29, 1.82) is 0 Å². The number of para-hydroxylation sites is 1. The number of nitrogens with one attached hydrogen (secondary N) is 3. The van der Waals surface area contributed by atoms with Crippen LogP contribution in [0.4, 0.5) is 0 Å². The van der Waals surface area contributed by atoms with Crippen LogP contribution in [0, 0.1) is 6.92 Å². The van der Waals surface area contributed by atoms with Crippen LogP contribution in [-0.2, 0) is 0 Å². The summed E-state index contributed by atoms with van der Waals surface area (Å²) in [5.74, 6) is -0.158. The van der Waals surface area contributed by atoms with Crippen LogP contribution in [-0.4, -0.2) is 53.1 Å². The van der Waals surface area contributed by atoms with Crippen LogP contribution in [0.25, 0.3) is 5.69 Å². The van der Waals surface area contributed by atoms with Gasteiger partial charge in [0.25, 0.3) is 5.91 Å². The maximum Gasteiger partial charge on any atom is 0.273 e. The molecule has 1 fully saturated rings. The third-order valence-electron chi connectivity index (χ3n) is 5.39. The lowest BCUT2D eigenvalue weighted by Gasteiger charge is -2.22. The summed E-state index contributed by atoms with van der Waals surface area (Å²) in [6.45, 7) is 5.49. The second-order valence-corrected chi connectivity index (χ2v) is 7.76. The topological polar surface area (TPSA) is 83.9 Å². The minimum atomic E-state index is -0.158. The van der Waals surface area contributed by atoms with Crippen molar-refractivity contribution in [3.8, 4) is 5.69 Å². The zero-order chi connectivity index (χ0) is 20.3. The van der Waals surface area contributed by atoms with Crippen LogP contribution in [0.2, 0.25) is 0 Å². The monoisotopic (exact) mass is 470 g/mol. The number of carbonyl (C=O) groups excluding carboxylic acids is 1. The molecule has 1 aromatic carbocycles. The first-order valence-electron chi connectivity index (χ1n) is 11.0. The summed E-state index contributed by atoms with van der Waals surface area (Å²) < 4.78 is 0. The molecule has 0 atom stereocenters. The number of hydrogen-bond donors (Lipinski definition) is 3. The standard InChI is InChI=1S/C22H34N6O.2ClH/c1-18-21(27-28(26-18)20-12-6-3-7-13-20)22(29)25-15-9-8-14-23-16-17-24-19-10-4-2-5-11-19;;/h3,6-7,12-13,19,23-24H,2,4-5,8-11,14-17H2,1H3,(H,25,29);2*1H. The van der Waals surface area contributed by atoms with E-state index in [1.807, 2.05) is 37.3 Å². The Balaban J connectivity index is 0.00000240. The number of hydrogen-bond acceptors (Lipinski definition) is 5. The fraction of sp³-hybridized carbons (Fsp3) is 0.591. The van der Waals surface area contributed by atoms with E-state index in [1.54, 1.807) is 0 Å². The highest BCUT2D eigenvalue weighted by Gasteiger charge is 2.15. The number of aromatic nitrogens is 3. The second kappa shape index (κ2) is 15.2. The number of benzene rings is 1. The molecule has 3 rings (SSSR count). The molecule has 1 saturated carbocycles. The number of amides is 1. The number of nitrogens with zero attached hydrogens (tertiary/aromatic N) is 3. The van der Waals surface area contributed by atoms with Crippen molar-refractivity contribution in [3.63, 3.8) is 0 Å². The summed E-state index contributed by atoms with van der Waals surface area (Å²) in [4.78, 5) is 13.9. The van der Waals surface area contributed by atoms with Gasteiger partial charge in [0.15, 0.2) is 5.69 Å². The van der Waals surface area contributed by atoms with Gasteiger partial charge in [0.2, 0.25) is 0 Å². The Morgan fingerprint density at radius 3 is 2.42 bits per heavy atom. The molecule has 174 valence electrons. The molecule has 7 nitrogen and oxygen atoms in total. The fourth-order valence-electron chi connectivity index (χ4n) is 3.72. The predicted molar refractivity (Wildman–Crippen MR) is 130 cm³/mol. The molecule has 0 unspecified atom stereocenters. The van der Waals surface area contributed by atoms with Crippen LogP contribution in [0.3, 0.4) is 0 Å². The number of carbonyl (C=O) groups is 1. The van der Waals surface area contributed by atoms with Gasteiger partial charge in [-0.15, -0.1) is 29.9 Å². The quantitative estimate of drug-likeness (QED) is 0.438. The molecule has 2 aromatic rings. The van der Waals surface area contributed by atoms with Gasteiger partial charge in [0, 0.05) is 25.7 Å². The van der Waals surface area contributed by atoms with E-state index in [2.05, 4.69) is 26.1 Å². The second-order valence-electron chi connectivity index (χ2n) is 7.76. The van der Waals surface area contributed by atoms with E-state index >= 15 is 0 Å². The molecule has 1 aliphatic rings. The van der Waals surface area contributed by atoms with E-state index in [4.69, 9.17) is 0 Å². The molecule has 0 bridgehead atoms. The Bertz CT molecular complexity index is 750. The summed E-state index contributed by atoms with van der Waals surface area (Å²) in [6.07, 6.45) is 8.80. The molecule has 1 aliphatic carbocycles. The van der Waals surface area contributed by atoms with Crippen molar-refractivity contribution in [3.05, 3.63) is 41.7 Å². The van der Waals surface area contributed by atoms with Crippen molar-refractivity contribution < 1.29 is 4.79 Å². The van der Waals surface area contributed by atoms with E-state index in [0.29, 0.717) is 17.9 Å². The van der Waals surface area contributed by atoms with Gasteiger partial charge in [-0.2, -0.15) is 9.90 Å². The zero-order valence-electron chi connectivity index (χ0n) is 18.3. The largest absolute Gasteiger partial charge is 0.351 e. The van der Waals surface area contributed by atoms with Crippen LogP contribution in [0.15, 0.2) is 30.3 Å². The molecule has 31 heavy (non-hydrogen) atoms. The third kappa shape index (κ3) is 9.15. The summed E-state index contributed by atoms with van der Waals surface area (Å²) in [5.41, 5.74) is 1.87. The molecular weight excluding hydrogens is 435 g/mol. The van der Waals surface area contributed by atoms with E-state index in [1.165, 1.54) is 36.9 Å². The van der Waals surface area contributed by atoms with Crippen LogP contribution < -0.4 is 16.0 Å². The Kier molecular flexibility index (Phi) is 13.4. The third-order valence-corrected chi connectivity index (χ3v) is 5.39. The maximum absolute atomic E-state index is 12.4. The van der Waals surface area contributed by atoms with Gasteiger partial charge in [-0.3, -0.25) is 4.79 Å². The molecule has 1 aromatic heterocycles. The average molecular weight is 471 g/mol. The molecule has 1 amide bonds. The van der Waals surface area contributed by atoms with E-state index < -0.39 is 0 Å². The molecule has 0 aliphatic heterocycles. The van der Waals surface area contributed by atoms with E-state index in [0.717, 1.165) is 44.2 Å². The van der Waals surface area contributed by atoms with Gasteiger partial charge in [-0.05, 0) is 51.3 Å². The Labute approximate surface area is 198 Å². The van der Waals surface area contributed by atoms with E-state index in [9.17, 15) is 4.79 Å². The van der Waals surface area contributed by atoms with Gasteiger partial charge in [-0.1, -0.05) is 37.5 Å². The predicted octanol–water partition coefficient (Wildman–Crippen LogP) is 3.44. The molecule has 3 N–H and O–H groups in total. The summed E-state index contributed by atoms with van der Waals surface area (Å²) >= 11 is 0. The highest BCUT2D eigenvalue weighted by molar-refractivity contribution is 5.93. The summed E-state index contributed by atoms with van der Waals surface area (Å²) in [7, 11) is 0. The zero-order valence-corrected chi connectivity index (χ0v) is 19.9. The Morgan fingerprint density at radius 2 is 1.68 bits per heavy atom. The minimum absolute atomic E-state index is 0. The molecule has 0 radical (unpaired) electrons. The first kappa shape index (κ1) is 27.4. The number of halogens is 2. The van der Waals surface area contributed by atoms with Gasteiger partial charge in [0.1, 0.15) is 0 Å². The molecule has 0 spiro atoms. The number of rotatable bonds is 11. The lowest BCUT2D eigenvalue weighted by molar-refractivity contribution is 0.0947. The van der Waals surface area contributed by atoms with Crippen molar-refractivity contribution >= 4 is 30.7 Å². The minimum Gasteiger partial charge on any atom is -0.351 e. The normalized spacial score (nSPS) is 13.8. The van der Waals surface area contributed by atoms with Gasteiger partial charge in [-0.25, -0.2) is 0 Å². The first-order valence-corrected chi connectivity index (χ1v) is 11.0. The Morgan fingerprint density at radius 1 is 0.968 bits per heavy atom. The van der Waals surface area contributed by atoms with Crippen molar-refractivity contribution in [2.45, 2.75) is 57.9 Å². The van der Waals surface area contributed by atoms with Gasteiger partial charge in [0.05, 0.1) is 11.4 Å². The number of unbranched alkanes of at least 4 members (excludes halogenated alkanes) is 1. The lowest BCUT2D eigenvalue weighted by atomic mass is 9.95.